The van der Waals surface area contributed by atoms with Crippen molar-refractivity contribution in [3.8, 4) is 0 Å². The quantitative estimate of drug-likeness (QED) is 0.653. The van der Waals surface area contributed by atoms with Gasteiger partial charge in [-0.25, -0.2) is 0 Å². The molecule has 5 heteroatoms. The number of aryl methyl sites for hydroxylation is 1. The van der Waals surface area contributed by atoms with E-state index in [2.05, 4.69) is 55.5 Å². The Morgan fingerprint density at radius 3 is 2.73 bits per heavy atom. The normalized spacial score (nSPS) is 19.8. The minimum atomic E-state index is -0.206. The number of halogens is 2. The fourth-order valence-electron chi connectivity index (χ4n) is 2.99. The summed E-state index contributed by atoms with van der Waals surface area (Å²) in [4.78, 5) is 4.69. The number of thioether (sulfide) groups is 1. The highest BCUT2D eigenvalue weighted by atomic mass is 35.5. The van der Waals surface area contributed by atoms with Crippen LogP contribution in [0.4, 0.5) is 0 Å². The standard InChI is InChI=1S/C21H23ClN2S.ClH/c1-21(13-14-25-20(23)24-21)18-8-4-7-17(15-18)6-3-2-5-16-9-11-19(22)12-10-16;/h3-4,6-12,15H,2,5,13-14H2,1H3,(H2,23,24);1H/b6-3-;. The van der Waals surface area contributed by atoms with Crippen LogP contribution >= 0.6 is 35.8 Å². The maximum absolute atomic E-state index is 5.94. The summed E-state index contributed by atoms with van der Waals surface area (Å²) in [5, 5.41) is 1.48. The molecule has 0 aromatic heterocycles. The number of hydrogen-bond acceptors (Lipinski definition) is 3. The molecule has 26 heavy (non-hydrogen) atoms. The van der Waals surface area contributed by atoms with Crippen LogP contribution in [0, 0.1) is 0 Å². The molecule has 138 valence electrons. The number of allylic oxidation sites excluding steroid dienone is 1. The Labute approximate surface area is 171 Å². The summed E-state index contributed by atoms with van der Waals surface area (Å²) in [5.41, 5.74) is 9.48. The molecule has 0 bridgehead atoms. The Bertz CT molecular complexity index is 787. The van der Waals surface area contributed by atoms with Crippen molar-refractivity contribution in [2.75, 3.05) is 5.75 Å². The highest BCUT2D eigenvalue weighted by Gasteiger charge is 2.29. The van der Waals surface area contributed by atoms with E-state index < -0.39 is 0 Å². The zero-order valence-electron chi connectivity index (χ0n) is 14.8. The van der Waals surface area contributed by atoms with Crippen LogP contribution in [0.5, 0.6) is 0 Å². The van der Waals surface area contributed by atoms with Crippen molar-refractivity contribution < 1.29 is 0 Å². The monoisotopic (exact) mass is 406 g/mol. The van der Waals surface area contributed by atoms with Gasteiger partial charge in [-0.05, 0) is 61.1 Å². The highest BCUT2D eigenvalue weighted by molar-refractivity contribution is 8.13. The number of benzene rings is 2. The largest absolute Gasteiger partial charge is 0.379 e. The maximum atomic E-state index is 5.94. The third-order valence-electron chi connectivity index (χ3n) is 4.53. The van der Waals surface area contributed by atoms with E-state index in [1.54, 1.807) is 11.8 Å². The van der Waals surface area contributed by atoms with Gasteiger partial charge in [0.1, 0.15) is 0 Å². The van der Waals surface area contributed by atoms with Gasteiger partial charge in [0.2, 0.25) is 0 Å². The zero-order valence-corrected chi connectivity index (χ0v) is 17.2. The number of amidine groups is 1. The van der Waals surface area contributed by atoms with Gasteiger partial charge in [0, 0.05) is 10.8 Å². The van der Waals surface area contributed by atoms with Crippen molar-refractivity contribution in [3.63, 3.8) is 0 Å². The predicted molar refractivity (Wildman–Crippen MR) is 119 cm³/mol. The first-order valence-electron chi connectivity index (χ1n) is 8.55. The van der Waals surface area contributed by atoms with Crippen LogP contribution in [0.2, 0.25) is 5.02 Å². The van der Waals surface area contributed by atoms with Gasteiger partial charge in [-0.1, -0.05) is 65.8 Å². The molecule has 1 heterocycles. The first-order chi connectivity index (χ1) is 12.0. The Balaban J connectivity index is 0.00000243. The number of aliphatic imine (C=N–C) groups is 1. The molecule has 0 saturated carbocycles. The molecule has 1 unspecified atom stereocenters. The molecule has 0 spiro atoms. The van der Waals surface area contributed by atoms with Crippen LogP contribution in [0.25, 0.3) is 6.08 Å². The topological polar surface area (TPSA) is 38.4 Å². The van der Waals surface area contributed by atoms with E-state index in [1.807, 2.05) is 12.1 Å². The molecule has 3 rings (SSSR count). The summed E-state index contributed by atoms with van der Waals surface area (Å²) < 4.78 is 0. The van der Waals surface area contributed by atoms with Gasteiger partial charge in [-0.2, -0.15) is 0 Å². The van der Waals surface area contributed by atoms with Gasteiger partial charge < -0.3 is 5.73 Å². The van der Waals surface area contributed by atoms with Gasteiger partial charge in [0.05, 0.1) is 5.54 Å². The van der Waals surface area contributed by atoms with Crippen LogP contribution in [0.15, 0.2) is 59.6 Å². The average Bonchev–Trinajstić information content (AvgIpc) is 2.60. The molecular formula is C21H24Cl2N2S. The molecule has 0 radical (unpaired) electrons. The molecular weight excluding hydrogens is 383 g/mol. The van der Waals surface area contributed by atoms with E-state index in [4.69, 9.17) is 22.3 Å². The van der Waals surface area contributed by atoms with Crippen molar-refractivity contribution >= 4 is 47.0 Å². The molecule has 1 aliphatic heterocycles. The van der Waals surface area contributed by atoms with Gasteiger partial charge in [0.25, 0.3) is 0 Å². The minimum Gasteiger partial charge on any atom is -0.379 e. The lowest BCUT2D eigenvalue weighted by molar-refractivity contribution is 0.482. The van der Waals surface area contributed by atoms with Crippen LogP contribution in [0.1, 0.15) is 36.5 Å². The summed E-state index contributed by atoms with van der Waals surface area (Å²) in [5.74, 6) is 1.02. The van der Waals surface area contributed by atoms with Gasteiger partial charge in [0.15, 0.2) is 5.17 Å². The van der Waals surface area contributed by atoms with E-state index >= 15 is 0 Å². The lowest BCUT2D eigenvalue weighted by Gasteiger charge is -2.29. The van der Waals surface area contributed by atoms with E-state index in [1.165, 1.54) is 16.7 Å². The molecule has 2 N–H and O–H groups in total. The molecule has 2 aromatic rings. The summed E-state index contributed by atoms with van der Waals surface area (Å²) in [7, 11) is 0. The molecule has 0 aliphatic carbocycles. The van der Waals surface area contributed by atoms with Gasteiger partial charge in [-0.15, -0.1) is 12.4 Å². The lowest BCUT2D eigenvalue weighted by atomic mass is 9.89. The van der Waals surface area contributed by atoms with Crippen LogP contribution in [-0.2, 0) is 12.0 Å². The fraction of sp³-hybridized carbons (Fsp3) is 0.286. The molecule has 0 amide bonds. The number of nitrogens with zero attached hydrogens (tertiary/aromatic N) is 1. The van der Waals surface area contributed by atoms with Crippen molar-refractivity contribution in [1.29, 1.82) is 0 Å². The first-order valence-corrected chi connectivity index (χ1v) is 9.91. The zero-order chi connectivity index (χ0) is 17.7. The second kappa shape index (κ2) is 9.50. The van der Waals surface area contributed by atoms with E-state index in [0.29, 0.717) is 5.17 Å². The summed E-state index contributed by atoms with van der Waals surface area (Å²) in [6, 6.07) is 16.7. The summed E-state index contributed by atoms with van der Waals surface area (Å²) >= 11 is 7.56. The van der Waals surface area contributed by atoms with Crippen molar-refractivity contribution in [2.24, 2.45) is 10.7 Å². The SMILES string of the molecule is CC1(c2cccc(/C=C\CCc3ccc(Cl)cc3)c2)CCSC(N)=N1.Cl. The Hall–Kier alpha value is -1.42. The highest BCUT2D eigenvalue weighted by Crippen LogP contribution is 2.35. The van der Waals surface area contributed by atoms with Crippen LogP contribution < -0.4 is 5.73 Å². The molecule has 0 fully saturated rings. The lowest BCUT2D eigenvalue weighted by Crippen LogP contribution is -2.28. The molecule has 1 atom stereocenters. The molecule has 1 aliphatic rings. The molecule has 2 nitrogen and oxygen atoms in total. The average molecular weight is 407 g/mol. The Kier molecular flexibility index (Phi) is 7.63. The minimum absolute atomic E-state index is 0. The van der Waals surface area contributed by atoms with Crippen molar-refractivity contribution in [2.45, 2.75) is 31.7 Å². The second-order valence-corrected chi connectivity index (χ2v) is 8.07. The number of rotatable bonds is 5. The smallest absolute Gasteiger partial charge is 0.154 e. The third-order valence-corrected chi connectivity index (χ3v) is 5.57. The van der Waals surface area contributed by atoms with Gasteiger partial charge in [-0.3, -0.25) is 4.99 Å². The van der Waals surface area contributed by atoms with Crippen molar-refractivity contribution in [3.05, 3.63) is 76.3 Å². The number of hydrogen-bond donors (Lipinski definition) is 1. The first kappa shape index (κ1) is 20.9. The summed E-state index contributed by atoms with van der Waals surface area (Å²) in [6.45, 7) is 2.17. The van der Waals surface area contributed by atoms with Gasteiger partial charge >= 0.3 is 0 Å². The van der Waals surface area contributed by atoms with E-state index in [9.17, 15) is 0 Å². The molecule has 2 aromatic carbocycles. The summed E-state index contributed by atoms with van der Waals surface area (Å²) in [6.07, 6.45) is 7.45. The molecule has 0 saturated heterocycles. The second-order valence-electron chi connectivity index (χ2n) is 6.52. The Morgan fingerprint density at radius 1 is 1.23 bits per heavy atom. The third kappa shape index (κ3) is 5.54. The fourth-order valence-corrected chi connectivity index (χ4v) is 4.09. The van der Waals surface area contributed by atoms with Crippen LogP contribution in [-0.4, -0.2) is 10.9 Å². The predicted octanol–water partition coefficient (Wildman–Crippen LogP) is 6.07. The van der Waals surface area contributed by atoms with Crippen LogP contribution in [0.3, 0.4) is 0 Å². The number of nitrogens with two attached hydrogens (primary N) is 1. The van der Waals surface area contributed by atoms with E-state index in [0.717, 1.165) is 30.0 Å². The van der Waals surface area contributed by atoms with E-state index in [-0.39, 0.29) is 17.9 Å². The Morgan fingerprint density at radius 2 is 2.00 bits per heavy atom. The maximum Gasteiger partial charge on any atom is 0.154 e. The van der Waals surface area contributed by atoms with Crippen molar-refractivity contribution in [1.82, 2.24) is 0 Å².